The number of carbonyl (C=O) groups is 1. The summed E-state index contributed by atoms with van der Waals surface area (Å²) in [4.78, 5) is 10.8. The molecule has 0 fully saturated rings. The molecule has 19 heavy (non-hydrogen) atoms. The number of benzene rings is 2. The topological polar surface area (TPSA) is 50.4 Å². The number of hydrogen-bond acceptors (Lipinski definition) is 2. The van der Waals surface area contributed by atoms with Crippen LogP contribution in [0.25, 0.3) is 22.3 Å². The Hall–Kier alpha value is -2.62. The second-order valence-corrected chi connectivity index (χ2v) is 4.15. The van der Waals surface area contributed by atoms with Crippen LogP contribution in [0.1, 0.15) is 10.4 Å². The van der Waals surface area contributed by atoms with Crippen molar-refractivity contribution in [2.45, 2.75) is 0 Å². The fourth-order valence-electron chi connectivity index (χ4n) is 1.96. The van der Waals surface area contributed by atoms with E-state index in [0.29, 0.717) is 11.3 Å². The molecular weight excluding hydrogens is 247 g/mol. The SMILES string of the molecule is O=C(O)c1ccc(-c2cc3ccccc3o2)c(F)c1. The molecule has 3 aromatic rings. The van der Waals surface area contributed by atoms with Crippen LogP contribution in [0.4, 0.5) is 4.39 Å². The minimum Gasteiger partial charge on any atom is -0.478 e. The zero-order valence-electron chi connectivity index (χ0n) is 9.76. The lowest BCUT2D eigenvalue weighted by atomic mass is 10.1. The molecule has 0 aliphatic carbocycles. The maximum Gasteiger partial charge on any atom is 0.335 e. The van der Waals surface area contributed by atoms with Crippen LogP contribution < -0.4 is 0 Å². The predicted octanol–water partition coefficient (Wildman–Crippen LogP) is 3.94. The zero-order valence-corrected chi connectivity index (χ0v) is 9.76. The summed E-state index contributed by atoms with van der Waals surface area (Å²) in [6.07, 6.45) is 0. The van der Waals surface area contributed by atoms with Gasteiger partial charge in [-0.15, -0.1) is 0 Å². The standard InChI is InChI=1S/C15H9FO3/c16-12-7-10(15(17)18)5-6-11(12)14-8-9-3-1-2-4-13(9)19-14/h1-8H,(H,17,18). The molecule has 0 amide bonds. The van der Waals surface area contributed by atoms with Gasteiger partial charge in [0.05, 0.1) is 11.1 Å². The molecule has 0 spiro atoms. The van der Waals surface area contributed by atoms with Crippen LogP contribution >= 0.6 is 0 Å². The van der Waals surface area contributed by atoms with Crippen LogP contribution in [0.3, 0.4) is 0 Å². The van der Waals surface area contributed by atoms with Crippen molar-refractivity contribution in [3.63, 3.8) is 0 Å². The van der Waals surface area contributed by atoms with Crippen LogP contribution in [0, 0.1) is 5.82 Å². The molecule has 0 aliphatic rings. The summed E-state index contributed by atoms with van der Waals surface area (Å²) in [6, 6.07) is 12.8. The molecule has 1 N–H and O–H groups in total. The fraction of sp³-hybridized carbons (Fsp3) is 0. The van der Waals surface area contributed by atoms with Gasteiger partial charge in [0, 0.05) is 5.39 Å². The Morgan fingerprint density at radius 1 is 1.11 bits per heavy atom. The monoisotopic (exact) mass is 256 g/mol. The molecule has 0 bridgehead atoms. The minimum atomic E-state index is -1.16. The lowest BCUT2D eigenvalue weighted by Gasteiger charge is -2.00. The van der Waals surface area contributed by atoms with Gasteiger partial charge in [-0.25, -0.2) is 9.18 Å². The lowest BCUT2D eigenvalue weighted by Crippen LogP contribution is -1.97. The first-order valence-corrected chi connectivity index (χ1v) is 5.67. The second-order valence-electron chi connectivity index (χ2n) is 4.15. The third-order valence-corrected chi connectivity index (χ3v) is 2.91. The van der Waals surface area contributed by atoms with E-state index in [0.717, 1.165) is 11.5 Å². The van der Waals surface area contributed by atoms with E-state index in [1.807, 2.05) is 18.2 Å². The maximum atomic E-state index is 13.9. The largest absolute Gasteiger partial charge is 0.478 e. The van der Waals surface area contributed by atoms with E-state index in [4.69, 9.17) is 9.52 Å². The van der Waals surface area contributed by atoms with E-state index in [9.17, 15) is 9.18 Å². The van der Waals surface area contributed by atoms with Crippen LogP contribution in [0.15, 0.2) is 52.9 Å². The fourth-order valence-corrected chi connectivity index (χ4v) is 1.96. The van der Waals surface area contributed by atoms with Gasteiger partial charge < -0.3 is 9.52 Å². The first kappa shape index (κ1) is 11.5. The molecule has 3 nitrogen and oxygen atoms in total. The molecule has 2 aromatic carbocycles. The average molecular weight is 256 g/mol. The minimum absolute atomic E-state index is 0.0858. The smallest absolute Gasteiger partial charge is 0.335 e. The van der Waals surface area contributed by atoms with E-state index in [1.54, 1.807) is 12.1 Å². The van der Waals surface area contributed by atoms with Crippen molar-refractivity contribution >= 4 is 16.9 Å². The van der Waals surface area contributed by atoms with Gasteiger partial charge in [-0.3, -0.25) is 0 Å². The van der Waals surface area contributed by atoms with Gasteiger partial charge in [-0.05, 0) is 30.3 Å². The van der Waals surface area contributed by atoms with E-state index >= 15 is 0 Å². The summed E-state index contributed by atoms with van der Waals surface area (Å²) < 4.78 is 19.4. The lowest BCUT2D eigenvalue weighted by molar-refractivity contribution is 0.0696. The summed E-state index contributed by atoms with van der Waals surface area (Å²) in [5, 5.41) is 9.67. The molecule has 4 heteroatoms. The number of para-hydroxylation sites is 1. The second kappa shape index (κ2) is 4.24. The van der Waals surface area contributed by atoms with Crippen molar-refractivity contribution in [2.75, 3.05) is 0 Å². The van der Waals surface area contributed by atoms with Crippen molar-refractivity contribution in [2.24, 2.45) is 0 Å². The van der Waals surface area contributed by atoms with Gasteiger partial charge in [0.25, 0.3) is 0 Å². The summed E-state index contributed by atoms with van der Waals surface area (Å²) in [7, 11) is 0. The van der Waals surface area contributed by atoms with Crippen molar-refractivity contribution in [1.29, 1.82) is 0 Å². The molecular formula is C15H9FO3. The Morgan fingerprint density at radius 3 is 2.58 bits per heavy atom. The van der Waals surface area contributed by atoms with Gasteiger partial charge >= 0.3 is 5.97 Å². The van der Waals surface area contributed by atoms with Crippen molar-refractivity contribution in [3.05, 3.63) is 59.9 Å². The third kappa shape index (κ3) is 1.97. The molecule has 94 valence electrons. The Labute approximate surface area is 107 Å². The zero-order chi connectivity index (χ0) is 13.4. The van der Waals surface area contributed by atoms with E-state index < -0.39 is 11.8 Å². The number of fused-ring (bicyclic) bond motifs is 1. The first-order chi connectivity index (χ1) is 9.15. The van der Waals surface area contributed by atoms with Crippen LogP contribution in [0.5, 0.6) is 0 Å². The quantitative estimate of drug-likeness (QED) is 0.755. The van der Waals surface area contributed by atoms with E-state index in [1.165, 1.54) is 12.1 Å². The van der Waals surface area contributed by atoms with Crippen molar-refractivity contribution in [1.82, 2.24) is 0 Å². The molecule has 0 aliphatic heterocycles. The Bertz CT molecular complexity index is 741. The van der Waals surface area contributed by atoms with Crippen LogP contribution in [-0.2, 0) is 0 Å². The molecule has 0 saturated carbocycles. The summed E-state index contributed by atoms with van der Waals surface area (Å²) in [6.45, 7) is 0. The summed E-state index contributed by atoms with van der Waals surface area (Å²) >= 11 is 0. The first-order valence-electron chi connectivity index (χ1n) is 5.67. The Balaban J connectivity index is 2.13. The number of hydrogen-bond donors (Lipinski definition) is 1. The normalized spacial score (nSPS) is 10.8. The molecule has 0 unspecified atom stereocenters. The molecule has 0 atom stereocenters. The maximum absolute atomic E-state index is 13.9. The average Bonchev–Trinajstić information content (AvgIpc) is 2.81. The van der Waals surface area contributed by atoms with Gasteiger partial charge in [0.1, 0.15) is 17.2 Å². The highest BCUT2D eigenvalue weighted by atomic mass is 19.1. The number of carboxylic acid groups (broad SMARTS) is 1. The van der Waals surface area contributed by atoms with E-state index in [2.05, 4.69) is 0 Å². The van der Waals surface area contributed by atoms with Crippen molar-refractivity contribution in [3.8, 4) is 11.3 Å². The predicted molar refractivity (Wildman–Crippen MR) is 68.6 cm³/mol. The highest BCUT2D eigenvalue weighted by Gasteiger charge is 2.13. The van der Waals surface area contributed by atoms with Crippen molar-refractivity contribution < 1.29 is 18.7 Å². The Morgan fingerprint density at radius 2 is 1.89 bits per heavy atom. The van der Waals surface area contributed by atoms with Gasteiger partial charge in [0.15, 0.2) is 0 Å². The number of carboxylic acids is 1. The number of rotatable bonds is 2. The van der Waals surface area contributed by atoms with E-state index in [-0.39, 0.29) is 11.1 Å². The summed E-state index contributed by atoms with van der Waals surface area (Å²) in [5.74, 6) is -1.38. The Kier molecular flexibility index (Phi) is 2.56. The third-order valence-electron chi connectivity index (χ3n) is 2.91. The van der Waals surface area contributed by atoms with Crippen LogP contribution in [-0.4, -0.2) is 11.1 Å². The molecule has 0 radical (unpaired) electrons. The summed E-state index contributed by atoms with van der Waals surface area (Å²) in [5.41, 5.74) is 0.831. The number of aromatic carboxylic acids is 1. The number of furan rings is 1. The van der Waals surface area contributed by atoms with Gasteiger partial charge in [-0.1, -0.05) is 18.2 Å². The van der Waals surface area contributed by atoms with Crippen LogP contribution in [0.2, 0.25) is 0 Å². The highest BCUT2D eigenvalue weighted by Crippen LogP contribution is 2.29. The molecule has 1 aromatic heterocycles. The number of halogens is 1. The highest BCUT2D eigenvalue weighted by molar-refractivity contribution is 5.89. The molecule has 1 heterocycles. The van der Waals surface area contributed by atoms with Gasteiger partial charge in [0.2, 0.25) is 0 Å². The molecule has 0 saturated heterocycles. The van der Waals surface area contributed by atoms with Gasteiger partial charge in [-0.2, -0.15) is 0 Å². The molecule has 3 rings (SSSR count).